The third-order valence-electron chi connectivity index (χ3n) is 3.18. The normalized spacial score (nSPS) is 10.0. The van der Waals surface area contributed by atoms with Crippen LogP contribution >= 0.6 is 0 Å². The first-order valence-electron chi connectivity index (χ1n) is 7.02. The second kappa shape index (κ2) is 7.25. The first-order valence-corrected chi connectivity index (χ1v) is 7.02. The molecule has 0 spiro atoms. The summed E-state index contributed by atoms with van der Waals surface area (Å²) in [5, 5.41) is 38.5. The molecular formula is C15H11N4O7-. The van der Waals surface area contributed by atoms with Gasteiger partial charge in [-0.15, -0.1) is 0 Å². The van der Waals surface area contributed by atoms with Crippen LogP contribution in [0, 0.1) is 20.2 Å². The van der Waals surface area contributed by atoms with Crippen LogP contribution in [0.25, 0.3) is 0 Å². The highest BCUT2D eigenvalue weighted by Crippen LogP contribution is 2.38. The lowest BCUT2D eigenvalue weighted by molar-refractivity contribution is -0.392. The average molecular weight is 359 g/mol. The van der Waals surface area contributed by atoms with E-state index in [0.717, 1.165) is 0 Å². The van der Waals surface area contributed by atoms with Gasteiger partial charge in [-0.1, -0.05) is 6.07 Å². The van der Waals surface area contributed by atoms with E-state index < -0.39 is 38.4 Å². The fourth-order valence-corrected chi connectivity index (χ4v) is 2.17. The molecule has 0 saturated carbocycles. The maximum absolute atomic E-state index is 11.2. The third kappa shape index (κ3) is 4.08. The largest absolute Gasteiger partial charge is 0.545 e. The van der Waals surface area contributed by atoms with E-state index in [0.29, 0.717) is 17.8 Å². The zero-order valence-electron chi connectivity index (χ0n) is 13.2. The van der Waals surface area contributed by atoms with Gasteiger partial charge in [0.1, 0.15) is 0 Å². The number of hydrogen-bond donors (Lipinski definition) is 2. The van der Waals surface area contributed by atoms with Gasteiger partial charge in [-0.2, -0.15) is 0 Å². The number of nitro benzene ring substituents is 2. The number of nitrogens with zero attached hydrogens (tertiary/aromatic N) is 2. The smallest absolute Gasteiger partial charge is 0.300 e. The van der Waals surface area contributed by atoms with Crippen molar-refractivity contribution in [3.8, 4) is 0 Å². The predicted octanol–water partition coefficient (Wildman–Crippen LogP) is 1.57. The highest BCUT2D eigenvalue weighted by atomic mass is 16.6. The zero-order valence-corrected chi connectivity index (χ0v) is 13.2. The lowest BCUT2D eigenvalue weighted by Gasteiger charge is -2.11. The average Bonchev–Trinajstić information content (AvgIpc) is 2.53. The van der Waals surface area contributed by atoms with Gasteiger partial charge in [0.2, 0.25) is 5.91 Å². The number of benzene rings is 2. The van der Waals surface area contributed by atoms with Crippen molar-refractivity contribution in [2.24, 2.45) is 0 Å². The van der Waals surface area contributed by atoms with Gasteiger partial charge in [0.05, 0.1) is 15.8 Å². The SMILES string of the molecule is CC(=O)Nc1cccc(Nc2c([N+](=O)[O-])cc(C(=O)[O-])cc2[N+](=O)[O-])c1. The molecule has 0 fully saturated rings. The molecule has 11 heteroatoms. The van der Waals surface area contributed by atoms with Gasteiger partial charge in [0.25, 0.3) is 11.4 Å². The van der Waals surface area contributed by atoms with Crippen LogP contribution in [0.15, 0.2) is 36.4 Å². The fourth-order valence-electron chi connectivity index (χ4n) is 2.17. The molecule has 26 heavy (non-hydrogen) atoms. The van der Waals surface area contributed by atoms with Crippen molar-refractivity contribution in [2.45, 2.75) is 6.92 Å². The molecule has 0 bridgehead atoms. The summed E-state index contributed by atoms with van der Waals surface area (Å²) in [5.74, 6) is -2.13. The molecule has 2 aromatic carbocycles. The van der Waals surface area contributed by atoms with E-state index in [1.54, 1.807) is 6.07 Å². The van der Waals surface area contributed by atoms with Crippen LogP contribution in [-0.4, -0.2) is 21.7 Å². The van der Waals surface area contributed by atoms with E-state index in [4.69, 9.17) is 0 Å². The molecule has 2 N–H and O–H groups in total. The van der Waals surface area contributed by atoms with Crippen molar-refractivity contribution in [2.75, 3.05) is 10.6 Å². The number of carboxylic acid groups (broad SMARTS) is 1. The second-order valence-corrected chi connectivity index (χ2v) is 5.08. The first kappa shape index (κ1) is 18.3. The Kier molecular flexibility index (Phi) is 5.11. The summed E-state index contributed by atoms with van der Waals surface area (Å²) >= 11 is 0. The number of carbonyl (C=O) groups is 2. The summed E-state index contributed by atoms with van der Waals surface area (Å²) in [5.41, 5.74) is -2.22. The van der Waals surface area contributed by atoms with E-state index in [-0.39, 0.29) is 11.6 Å². The number of carboxylic acids is 1. The minimum atomic E-state index is -1.78. The molecule has 2 rings (SSSR count). The number of nitro groups is 2. The molecule has 1 amide bonds. The molecule has 11 nitrogen and oxygen atoms in total. The van der Waals surface area contributed by atoms with Gasteiger partial charge >= 0.3 is 0 Å². The van der Waals surface area contributed by atoms with E-state index in [2.05, 4.69) is 10.6 Å². The minimum absolute atomic E-state index is 0.212. The van der Waals surface area contributed by atoms with Gasteiger partial charge < -0.3 is 20.5 Å². The standard InChI is InChI=1S/C15H12N4O7/c1-8(20)16-10-3-2-4-11(7-10)17-14-12(18(23)24)5-9(15(21)22)6-13(14)19(25)26/h2-7,17H,1H3,(H,16,20)(H,21,22)/p-1. The van der Waals surface area contributed by atoms with Crippen LogP contribution in [0.4, 0.5) is 28.4 Å². The van der Waals surface area contributed by atoms with E-state index >= 15 is 0 Å². The summed E-state index contributed by atoms with van der Waals surface area (Å²) in [7, 11) is 0. The number of amides is 1. The topological polar surface area (TPSA) is 168 Å². The number of carbonyl (C=O) groups excluding carboxylic acids is 2. The van der Waals surface area contributed by atoms with E-state index in [9.17, 15) is 34.9 Å². The van der Waals surface area contributed by atoms with Crippen molar-refractivity contribution in [1.82, 2.24) is 0 Å². The van der Waals surface area contributed by atoms with Crippen molar-refractivity contribution < 1.29 is 24.5 Å². The Morgan fingerprint density at radius 2 is 1.50 bits per heavy atom. The van der Waals surface area contributed by atoms with Crippen LogP contribution in [-0.2, 0) is 4.79 Å². The molecule has 0 aliphatic heterocycles. The molecule has 0 aliphatic carbocycles. The maximum Gasteiger partial charge on any atom is 0.300 e. The van der Waals surface area contributed by atoms with Crippen LogP contribution in [0.1, 0.15) is 17.3 Å². The fraction of sp³-hybridized carbons (Fsp3) is 0.0667. The number of anilines is 3. The summed E-state index contributed by atoms with van der Waals surface area (Å²) in [4.78, 5) is 42.7. The van der Waals surface area contributed by atoms with Crippen LogP contribution < -0.4 is 15.7 Å². The minimum Gasteiger partial charge on any atom is -0.545 e. The Morgan fingerprint density at radius 3 is 1.96 bits per heavy atom. The summed E-state index contributed by atoms with van der Waals surface area (Å²) in [6, 6.07) is 7.27. The maximum atomic E-state index is 11.2. The molecule has 134 valence electrons. The molecule has 0 saturated heterocycles. The summed E-state index contributed by atoms with van der Waals surface area (Å²) < 4.78 is 0. The molecule has 0 radical (unpaired) electrons. The number of aromatic carboxylic acids is 1. The predicted molar refractivity (Wildman–Crippen MR) is 88.1 cm³/mol. The lowest BCUT2D eigenvalue weighted by atomic mass is 10.1. The van der Waals surface area contributed by atoms with Gasteiger partial charge in [-0.05, 0) is 18.2 Å². The lowest BCUT2D eigenvalue weighted by Crippen LogP contribution is -2.22. The van der Waals surface area contributed by atoms with E-state index in [1.165, 1.54) is 25.1 Å². The Balaban J connectivity index is 2.57. The summed E-state index contributed by atoms with van der Waals surface area (Å²) in [6.07, 6.45) is 0. The van der Waals surface area contributed by atoms with Crippen LogP contribution in [0.2, 0.25) is 0 Å². The Hall–Kier alpha value is -4.02. The van der Waals surface area contributed by atoms with Crippen molar-refractivity contribution in [3.63, 3.8) is 0 Å². The number of hydrogen-bond acceptors (Lipinski definition) is 8. The number of nitrogens with one attached hydrogen (secondary N) is 2. The molecule has 0 heterocycles. The Labute approximate surface area is 145 Å². The molecule has 2 aromatic rings. The van der Waals surface area contributed by atoms with Gasteiger partial charge in [-0.25, -0.2) is 0 Å². The second-order valence-electron chi connectivity index (χ2n) is 5.08. The van der Waals surface area contributed by atoms with Gasteiger partial charge in [0.15, 0.2) is 5.69 Å². The monoisotopic (exact) mass is 359 g/mol. The molecule has 0 aliphatic rings. The third-order valence-corrected chi connectivity index (χ3v) is 3.18. The highest BCUT2D eigenvalue weighted by molar-refractivity contribution is 5.93. The zero-order chi connectivity index (χ0) is 19.4. The van der Waals surface area contributed by atoms with Crippen LogP contribution in [0.5, 0.6) is 0 Å². The molecule has 0 aromatic heterocycles. The van der Waals surface area contributed by atoms with Gasteiger partial charge in [-0.3, -0.25) is 25.0 Å². The molecule has 0 atom stereocenters. The quantitative estimate of drug-likeness (QED) is 0.578. The van der Waals surface area contributed by atoms with Gasteiger partial charge in [0, 0.05) is 36.0 Å². The summed E-state index contributed by atoms with van der Waals surface area (Å²) in [6.45, 7) is 1.29. The van der Waals surface area contributed by atoms with Crippen LogP contribution in [0.3, 0.4) is 0 Å². The Morgan fingerprint density at radius 1 is 0.962 bits per heavy atom. The first-order chi connectivity index (χ1) is 12.2. The molecule has 0 unspecified atom stereocenters. The number of rotatable bonds is 6. The highest BCUT2D eigenvalue weighted by Gasteiger charge is 2.27. The van der Waals surface area contributed by atoms with Crippen molar-refractivity contribution in [1.29, 1.82) is 0 Å². The van der Waals surface area contributed by atoms with Crippen molar-refractivity contribution in [3.05, 3.63) is 62.2 Å². The molecular weight excluding hydrogens is 348 g/mol. The van der Waals surface area contributed by atoms with E-state index in [1.807, 2.05) is 0 Å². The van der Waals surface area contributed by atoms with Crippen molar-refractivity contribution >= 4 is 40.3 Å². The Bertz CT molecular complexity index is 891.